The summed E-state index contributed by atoms with van der Waals surface area (Å²) in [6.45, 7) is 3.67. The van der Waals surface area contributed by atoms with E-state index in [0.717, 1.165) is 0 Å². The third kappa shape index (κ3) is 3.75. The maximum Gasteiger partial charge on any atom is 0.279 e. The summed E-state index contributed by atoms with van der Waals surface area (Å²) in [6.07, 6.45) is 0. The number of hydrogen-bond acceptors (Lipinski definition) is 4. The van der Waals surface area contributed by atoms with Crippen LogP contribution >= 0.6 is 11.3 Å². The van der Waals surface area contributed by atoms with Gasteiger partial charge in [-0.25, -0.2) is 0 Å². The zero-order valence-electron chi connectivity index (χ0n) is 10.2. The average Bonchev–Trinajstić information content (AvgIpc) is 2.79. The van der Waals surface area contributed by atoms with Crippen LogP contribution in [0.25, 0.3) is 0 Å². The smallest absolute Gasteiger partial charge is 0.279 e. The second-order valence-electron chi connectivity index (χ2n) is 4.03. The van der Waals surface area contributed by atoms with E-state index in [1.165, 1.54) is 22.7 Å². The SMILES string of the molecule is CCN(C)S(=O)(=O)NC[C@](C)(O)c1ccsc1. The highest BCUT2D eigenvalue weighted by molar-refractivity contribution is 7.87. The maximum absolute atomic E-state index is 11.7. The molecule has 0 bridgehead atoms. The molecule has 0 aliphatic rings. The Morgan fingerprint density at radius 1 is 1.59 bits per heavy atom. The van der Waals surface area contributed by atoms with E-state index in [0.29, 0.717) is 12.1 Å². The topological polar surface area (TPSA) is 69.6 Å². The van der Waals surface area contributed by atoms with Crippen molar-refractivity contribution in [2.45, 2.75) is 19.4 Å². The van der Waals surface area contributed by atoms with Crippen LogP contribution in [0.5, 0.6) is 0 Å². The predicted molar refractivity (Wildman–Crippen MR) is 69.1 cm³/mol. The van der Waals surface area contributed by atoms with Crippen molar-refractivity contribution in [1.82, 2.24) is 9.03 Å². The molecular weight excluding hydrogens is 260 g/mol. The van der Waals surface area contributed by atoms with Crippen molar-refractivity contribution in [3.05, 3.63) is 22.4 Å². The second-order valence-corrected chi connectivity index (χ2v) is 6.67. The average molecular weight is 278 g/mol. The zero-order valence-corrected chi connectivity index (χ0v) is 11.8. The van der Waals surface area contributed by atoms with E-state index in [1.54, 1.807) is 25.3 Å². The first-order valence-electron chi connectivity index (χ1n) is 5.25. The van der Waals surface area contributed by atoms with Crippen molar-refractivity contribution in [2.24, 2.45) is 0 Å². The van der Waals surface area contributed by atoms with Gasteiger partial charge in [0.25, 0.3) is 10.2 Å². The van der Waals surface area contributed by atoms with Crippen molar-refractivity contribution in [2.75, 3.05) is 20.1 Å². The standard InChI is InChI=1S/C10H18N2O3S2/c1-4-12(3)17(14,15)11-8-10(2,13)9-5-6-16-7-9/h5-7,11,13H,4,8H2,1-3H3/t10-/m0/s1. The molecule has 5 nitrogen and oxygen atoms in total. The first kappa shape index (κ1) is 14.6. The summed E-state index contributed by atoms with van der Waals surface area (Å²) in [5.74, 6) is 0. The molecular formula is C10H18N2O3S2. The first-order valence-corrected chi connectivity index (χ1v) is 7.64. The van der Waals surface area contributed by atoms with Gasteiger partial charge < -0.3 is 5.11 Å². The number of rotatable bonds is 6. The third-order valence-corrected chi connectivity index (χ3v) is 4.87. The molecule has 0 amide bonds. The number of thiophene rings is 1. The molecule has 1 heterocycles. The lowest BCUT2D eigenvalue weighted by Crippen LogP contribution is -2.44. The Labute approximate surface area is 106 Å². The summed E-state index contributed by atoms with van der Waals surface area (Å²) in [5.41, 5.74) is -0.480. The molecule has 0 unspecified atom stereocenters. The van der Waals surface area contributed by atoms with Gasteiger partial charge in [0.15, 0.2) is 0 Å². The molecule has 2 N–H and O–H groups in total. The normalized spacial score (nSPS) is 16.1. The fourth-order valence-corrected chi connectivity index (χ4v) is 2.99. The fourth-order valence-electron chi connectivity index (χ4n) is 1.18. The van der Waals surface area contributed by atoms with Gasteiger partial charge in [0, 0.05) is 20.1 Å². The van der Waals surface area contributed by atoms with Gasteiger partial charge in [-0.05, 0) is 29.3 Å². The summed E-state index contributed by atoms with van der Waals surface area (Å²) in [4.78, 5) is 0. The lowest BCUT2D eigenvalue weighted by atomic mass is 10.0. The summed E-state index contributed by atoms with van der Waals surface area (Å²) in [5, 5.41) is 13.8. The van der Waals surface area contributed by atoms with Gasteiger partial charge >= 0.3 is 0 Å². The second kappa shape index (κ2) is 5.45. The van der Waals surface area contributed by atoms with Crippen LogP contribution in [0.15, 0.2) is 16.8 Å². The van der Waals surface area contributed by atoms with E-state index in [2.05, 4.69) is 4.72 Å². The Hall–Kier alpha value is -0.470. The highest BCUT2D eigenvalue weighted by atomic mass is 32.2. The molecule has 7 heteroatoms. The molecule has 0 saturated carbocycles. The van der Waals surface area contributed by atoms with Crippen LogP contribution in [0.1, 0.15) is 19.4 Å². The molecule has 0 spiro atoms. The van der Waals surface area contributed by atoms with E-state index in [9.17, 15) is 13.5 Å². The van der Waals surface area contributed by atoms with Gasteiger partial charge in [0.2, 0.25) is 0 Å². The van der Waals surface area contributed by atoms with Crippen molar-refractivity contribution in [3.8, 4) is 0 Å². The summed E-state index contributed by atoms with van der Waals surface area (Å²) >= 11 is 1.46. The van der Waals surface area contributed by atoms with Crippen LogP contribution in [0, 0.1) is 0 Å². The van der Waals surface area contributed by atoms with Crippen molar-refractivity contribution in [3.63, 3.8) is 0 Å². The van der Waals surface area contributed by atoms with Gasteiger partial charge in [0.1, 0.15) is 5.60 Å². The Balaban J connectivity index is 2.68. The van der Waals surface area contributed by atoms with Crippen molar-refractivity contribution in [1.29, 1.82) is 0 Å². The summed E-state index contributed by atoms with van der Waals surface area (Å²) in [7, 11) is -2.02. The summed E-state index contributed by atoms with van der Waals surface area (Å²) in [6, 6.07) is 1.78. The van der Waals surface area contributed by atoms with Crippen molar-refractivity contribution < 1.29 is 13.5 Å². The molecule has 1 atom stereocenters. The predicted octanol–water partition coefficient (Wildman–Crippen LogP) is 0.742. The number of hydrogen-bond donors (Lipinski definition) is 2. The minimum absolute atomic E-state index is 0.0452. The van der Waals surface area contributed by atoms with Crippen LogP contribution < -0.4 is 4.72 Å². The van der Waals surface area contributed by atoms with Crippen LogP contribution in [0.2, 0.25) is 0 Å². The van der Waals surface area contributed by atoms with Gasteiger partial charge in [-0.3, -0.25) is 0 Å². The lowest BCUT2D eigenvalue weighted by molar-refractivity contribution is 0.0628. The molecule has 0 aliphatic heterocycles. The molecule has 1 rings (SSSR count). The molecule has 0 radical (unpaired) electrons. The summed E-state index contributed by atoms with van der Waals surface area (Å²) < 4.78 is 27.0. The number of nitrogens with zero attached hydrogens (tertiary/aromatic N) is 1. The Morgan fingerprint density at radius 2 is 2.24 bits per heavy atom. The van der Waals surface area contributed by atoms with E-state index in [-0.39, 0.29) is 6.54 Å². The highest BCUT2D eigenvalue weighted by Gasteiger charge is 2.26. The Kier molecular flexibility index (Phi) is 4.68. The monoisotopic (exact) mass is 278 g/mol. The lowest BCUT2D eigenvalue weighted by Gasteiger charge is -2.24. The van der Waals surface area contributed by atoms with E-state index >= 15 is 0 Å². The molecule has 0 aromatic carbocycles. The zero-order chi connectivity index (χ0) is 13.1. The quantitative estimate of drug-likeness (QED) is 0.806. The van der Waals surface area contributed by atoms with Crippen molar-refractivity contribution >= 4 is 21.5 Å². The molecule has 98 valence electrons. The van der Waals surface area contributed by atoms with Crippen LogP contribution in [-0.4, -0.2) is 38.0 Å². The number of nitrogens with one attached hydrogen (secondary N) is 1. The molecule has 1 aromatic heterocycles. The highest BCUT2D eigenvalue weighted by Crippen LogP contribution is 2.22. The molecule has 0 saturated heterocycles. The van der Waals surface area contributed by atoms with Crippen LogP contribution in [0.3, 0.4) is 0 Å². The Morgan fingerprint density at radius 3 is 2.71 bits per heavy atom. The van der Waals surface area contributed by atoms with E-state index < -0.39 is 15.8 Å². The van der Waals surface area contributed by atoms with Crippen LogP contribution in [-0.2, 0) is 15.8 Å². The molecule has 0 aliphatic carbocycles. The van der Waals surface area contributed by atoms with Gasteiger partial charge in [0.05, 0.1) is 0 Å². The number of aliphatic hydroxyl groups is 1. The van der Waals surface area contributed by atoms with Gasteiger partial charge in [-0.1, -0.05) is 6.92 Å². The maximum atomic E-state index is 11.7. The molecule has 17 heavy (non-hydrogen) atoms. The Bertz CT molecular complexity index is 440. The van der Waals surface area contributed by atoms with E-state index in [4.69, 9.17) is 0 Å². The third-order valence-electron chi connectivity index (χ3n) is 2.60. The van der Waals surface area contributed by atoms with Gasteiger partial charge in [-0.2, -0.15) is 28.8 Å². The molecule has 1 aromatic rings. The minimum atomic E-state index is -3.51. The largest absolute Gasteiger partial charge is 0.384 e. The van der Waals surface area contributed by atoms with Gasteiger partial charge in [-0.15, -0.1) is 0 Å². The first-order chi connectivity index (χ1) is 7.79. The molecule has 0 fully saturated rings. The minimum Gasteiger partial charge on any atom is -0.384 e. The fraction of sp³-hybridized carbons (Fsp3) is 0.600. The van der Waals surface area contributed by atoms with E-state index in [1.807, 2.05) is 5.38 Å². The van der Waals surface area contributed by atoms with Crippen LogP contribution in [0.4, 0.5) is 0 Å².